The van der Waals surface area contributed by atoms with Gasteiger partial charge < -0.3 is 15.8 Å². The normalized spacial score (nSPS) is 11.9. The standard InChI is InChI=1S/C13H20N2O2/c1-10-4-6-12(7-5-10)17-9-3-8-15-13(16)11(2)14/h4-7,11H,3,8-9,14H2,1-2H3,(H,15,16). The van der Waals surface area contributed by atoms with Gasteiger partial charge in [0, 0.05) is 6.54 Å². The summed E-state index contributed by atoms with van der Waals surface area (Å²) in [6, 6.07) is 7.44. The fraction of sp³-hybridized carbons (Fsp3) is 0.462. The molecular weight excluding hydrogens is 216 g/mol. The molecule has 3 N–H and O–H groups in total. The van der Waals surface area contributed by atoms with E-state index in [1.807, 2.05) is 31.2 Å². The van der Waals surface area contributed by atoms with Crippen LogP contribution in [0.15, 0.2) is 24.3 Å². The molecule has 4 nitrogen and oxygen atoms in total. The minimum absolute atomic E-state index is 0.125. The van der Waals surface area contributed by atoms with E-state index in [9.17, 15) is 4.79 Å². The van der Waals surface area contributed by atoms with E-state index in [-0.39, 0.29) is 5.91 Å². The molecule has 1 atom stereocenters. The number of carbonyl (C=O) groups is 1. The Labute approximate surface area is 102 Å². The lowest BCUT2D eigenvalue weighted by Gasteiger charge is -2.09. The van der Waals surface area contributed by atoms with Crippen molar-refractivity contribution in [1.29, 1.82) is 0 Å². The zero-order valence-corrected chi connectivity index (χ0v) is 10.4. The van der Waals surface area contributed by atoms with Gasteiger partial charge in [0.1, 0.15) is 5.75 Å². The number of hydrogen-bond acceptors (Lipinski definition) is 3. The highest BCUT2D eigenvalue weighted by Gasteiger charge is 2.04. The molecule has 0 aliphatic heterocycles. The summed E-state index contributed by atoms with van der Waals surface area (Å²) < 4.78 is 5.52. The topological polar surface area (TPSA) is 64.3 Å². The van der Waals surface area contributed by atoms with Crippen molar-refractivity contribution in [3.63, 3.8) is 0 Å². The average Bonchev–Trinajstić information content (AvgIpc) is 2.30. The predicted molar refractivity (Wildman–Crippen MR) is 68.0 cm³/mol. The number of ether oxygens (including phenoxy) is 1. The Morgan fingerprint density at radius 1 is 1.41 bits per heavy atom. The van der Waals surface area contributed by atoms with Crippen LogP contribution < -0.4 is 15.8 Å². The molecule has 0 saturated carbocycles. The SMILES string of the molecule is Cc1ccc(OCCCNC(=O)C(C)N)cc1. The predicted octanol–water partition coefficient (Wildman–Crippen LogP) is 1.23. The Kier molecular flexibility index (Phi) is 5.49. The van der Waals surface area contributed by atoms with E-state index in [0.717, 1.165) is 12.2 Å². The lowest BCUT2D eigenvalue weighted by atomic mass is 10.2. The number of benzene rings is 1. The molecule has 0 aliphatic rings. The minimum Gasteiger partial charge on any atom is -0.494 e. The summed E-state index contributed by atoms with van der Waals surface area (Å²) in [5, 5.41) is 2.73. The van der Waals surface area contributed by atoms with Gasteiger partial charge in [0.25, 0.3) is 0 Å². The molecule has 17 heavy (non-hydrogen) atoms. The molecule has 1 unspecified atom stereocenters. The molecule has 0 aliphatic carbocycles. The zero-order valence-electron chi connectivity index (χ0n) is 10.4. The highest BCUT2D eigenvalue weighted by molar-refractivity contribution is 5.80. The van der Waals surface area contributed by atoms with Crippen molar-refractivity contribution in [2.24, 2.45) is 5.73 Å². The smallest absolute Gasteiger partial charge is 0.236 e. The first-order valence-corrected chi connectivity index (χ1v) is 5.82. The van der Waals surface area contributed by atoms with Crippen molar-refractivity contribution < 1.29 is 9.53 Å². The summed E-state index contributed by atoms with van der Waals surface area (Å²) in [6.45, 7) is 4.87. The lowest BCUT2D eigenvalue weighted by Crippen LogP contribution is -2.38. The molecule has 4 heteroatoms. The van der Waals surface area contributed by atoms with Gasteiger partial charge in [0.2, 0.25) is 5.91 Å². The molecule has 1 rings (SSSR count). The van der Waals surface area contributed by atoms with Gasteiger partial charge >= 0.3 is 0 Å². The number of carbonyl (C=O) groups excluding carboxylic acids is 1. The van der Waals surface area contributed by atoms with Gasteiger partial charge in [-0.05, 0) is 32.4 Å². The summed E-state index contributed by atoms with van der Waals surface area (Å²) in [6.07, 6.45) is 0.770. The first-order valence-electron chi connectivity index (χ1n) is 5.82. The third-order valence-electron chi connectivity index (χ3n) is 2.32. The Morgan fingerprint density at radius 3 is 2.65 bits per heavy atom. The van der Waals surface area contributed by atoms with Crippen molar-refractivity contribution in [3.8, 4) is 5.75 Å². The number of hydrogen-bond donors (Lipinski definition) is 2. The van der Waals surface area contributed by atoms with Crippen LogP contribution in [0.3, 0.4) is 0 Å². The molecule has 94 valence electrons. The van der Waals surface area contributed by atoms with Crippen molar-refractivity contribution in [3.05, 3.63) is 29.8 Å². The van der Waals surface area contributed by atoms with E-state index in [1.165, 1.54) is 5.56 Å². The molecule has 1 amide bonds. The fourth-order valence-corrected chi connectivity index (χ4v) is 1.27. The maximum absolute atomic E-state index is 11.1. The largest absolute Gasteiger partial charge is 0.494 e. The number of nitrogens with two attached hydrogens (primary N) is 1. The van der Waals surface area contributed by atoms with E-state index in [2.05, 4.69) is 5.32 Å². The van der Waals surface area contributed by atoms with Crippen molar-refractivity contribution in [2.45, 2.75) is 26.3 Å². The summed E-state index contributed by atoms with van der Waals surface area (Å²) in [7, 11) is 0. The Balaban J connectivity index is 2.12. The number of nitrogens with one attached hydrogen (secondary N) is 1. The highest BCUT2D eigenvalue weighted by atomic mass is 16.5. The minimum atomic E-state index is -0.451. The van der Waals surface area contributed by atoms with Gasteiger partial charge in [0.15, 0.2) is 0 Å². The number of aryl methyl sites for hydroxylation is 1. The van der Waals surface area contributed by atoms with Crippen LogP contribution in [0.25, 0.3) is 0 Å². The molecule has 0 heterocycles. The van der Waals surface area contributed by atoms with Gasteiger partial charge in [-0.25, -0.2) is 0 Å². The molecule has 0 aromatic heterocycles. The molecular formula is C13H20N2O2. The van der Waals surface area contributed by atoms with Crippen LogP contribution in [-0.2, 0) is 4.79 Å². The van der Waals surface area contributed by atoms with Gasteiger partial charge in [-0.3, -0.25) is 4.79 Å². The monoisotopic (exact) mass is 236 g/mol. The molecule has 1 aromatic rings. The van der Waals surface area contributed by atoms with E-state index in [4.69, 9.17) is 10.5 Å². The maximum Gasteiger partial charge on any atom is 0.236 e. The maximum atomic E-state index is 11.1. The molecule has 0 radical (unpaired) electrons. The summed E-state index contributed by atoms with van der Waals surface area (Å²) in [4.78, 5) is 11.1. The van der Waals surface area contributed by atoms with E-state index in [0.29, 0.717) is 13.2 Å². The Hall–Kier alpha value is -1.55. The van der Waals surface area contributed by atoms with Crippen LogP contribution in [0, 0.1) is 6.92 Å². The van der Waals surface area contributed by atoms with Crippen LogP contribution in [0.5, 0.6) is 5.75 Å². The second-order valence-electron chi connectivity index (χ2n) is 4.09. The van der Waals surface area contributed by atoms with Crippen LogP contribution in [0.1, 0.15) is 18.9 Å². The number of rotatable bonds is 6. The summed E-state index contributed by atoms with van der Waals surface area (Å²) in [5.74, 6) is 0.731. The Morgan fingerprint density at radius 2 is 2.06 bits per heavy atom. The van der Waals surface area contributed by atoms with Crippen LogP contribution in [0.4, 0.5) is 0 Å². The first-order chi connectivity index (χ1) is 8.09. The number of amides is 1. The Bertz CT molecular complexity index is 347. The van der Waals surface area contributed by atoms with E-state index >= 15 is 0 Å². The van der Waals surface area contributed by atoms with Gasteiger partial charge in [-0.2, -0.15) is 0 Å². The van der Waals surface area contributed by atoms with Crippen LogP contribution >= 0.6 is 0 Å². The average molecular weight is 236 g/mol. The second-order valence-corrected chi connectivity index (χ2v) is 4.09. The fourth-order valence-electron chi connectivity index (χ4n) is 1.27. The quantitative estimate of drug-likeness (QED) is 0.730. The van der Waals surface area contributed by atoms with Crippen molar-refractivity contribution in [1.82, 2.24) is 5.32 Å². The zero-order chi connectivity index (χ0) is 12.7. The van der Waals surface area contributed by atoms with Gasteiger partial charge in [-0.1, -0.05) is 17.7 Å². The second kappa shape index (κ2) is 6.91. The van der Waals surface area contributed by atoms with Gasteiger partial charge in [0.05, 0.1) is 12.6 Å². The third kappa shape index (κ3) is 5.36. The lowest BCUT2D eigenvalue weighted by molar-refractivity contribution is -0.121. The van der Waals surface area contributed by atoms with E-state index in [1.54, 1.807) is 6.92 Å². The van der Waals surface area contributed by atoms with E-state index < -0.39 is 6.04 Å². The van der Waals surface area contributed by atoms with Crippen LogP contribution in [-0.4, -0.2) is 25.1 Å². The molecule has 0 saturated heterocycles. The summed E-state index contributed by atoms with van der Waals surface area (Å²) >= 11 is 0. The summed E-state index contributed by atoms with van der Waals surface area (Å²) in [5.41, 5.74) is 6.62. The van der Waals surface area contributed by atoms with Crippen LogP contribution in [0.2, 0.25) is 0 Å². The molecule has 0 fully saturated rings. The van der Waals surface area contributed by atoms with Gasteiger partial charge in [-0.15, -0.1) is 0 Å². The van der Waals surface area contributed by atoms with Crippen molar-refractivity contribution >= 4 is 5.91 Å². The third-order valence-corrected chi connectivity index (χ3v) is 2.32. The highest BCUT2D eigenvalue weighted by Crippen LogP contribution is 2.11. The van der Waals surface area contributed by atoms with Crippen molar-refractivity contribution in [2.75, 3.05) is 13.2 Å². The molecule has 0 bridgehead atoms. The first kappa shape index (κ1) is 13.5. The molecule has 0 spiro atoms. The molecule has 1 aromatic carbocycles.